The second-order valence-electron chi connectivity index (χ2n) is 3.24. The molecule has 0 aliphatic carbocycles. The van der Waals surface area contributed by atoms with E-state index < -0.39 is 0 Å². The smallest absolute Gasteiger partial charge is 0.141 e. The molecule has 0 atom stereocenters. The third kappa shape index (κ3) is 4.28. The zero-order chi connectivity index (χ0) is 11.1. The number of likely N-dealkylation sites (N-methyl/N-ethyl adjacent to an activating group) is 1. The van der Waals surface area contributed by atoms with Crippen LogP contribution in [0.5, 0.6) is 0 Å². The Bertz CT molecular complexity index is 305. The van der Waals surface area contributed by atoms with Crippen LogP contribution in [0, 0.1) is 5.82 Å². The van der Waals surface area contributed by atoms with Crippen LogP contribution in [-0.4, -0.2) is 19.6 Å². The summed E-state index contributed by atoms with van der Waals surface area (Å²) in [6.45, 7) is 5.35. The Morgan fingerprint density at radius 1 is 1.27 bits per heavy atom. The minimum Gasteiger partial charge on any atom is -0.316 e. The lowest BCUT2D eigenvalue weighted by Crippen LogP contribution is -2.27. The van der Waals surface area contributed by atoms with Crippen LogP contribution in [0.25, 0.3) is 0 Å². The summed E-state index contributed by atoms with van der Waals surface area (Å²) in [5.74, 6) is -0.173. The molecule has 1 aromatic rings. The van der Waals surface area contributed by atoms with Gasteiger partial charge < -0.3 is 10.6 Å². The highest BCUT2D eigenvalue weighted by Gasteiger charge is 2.04. The first-order valence-electron chi connectivity index (χ1n) is 5.10. The standard InChI is InChI=1S/C11H16BrFN2/c1-2-14-6-7-15-8-9-4-3-5-10(12)11(9)13/h3-5,14-15H,2,6-8H2,1H3. The Balaban J connectivity index is 2.34. The largest absolute Gasteiger partial charge is 0.316 e. The molecule has 0 aliphatic heterocycles. The molecule has 1 aromatic carbocycles. The van der Waals surface area contributed by atoms with Crippen molar-refractivity contribution >= 4 is 15.9 Å². The van der Waals surface area contributed by atoms with E-state index >= 15 is 0 Å². The van der Waals surface area contributed by atoms with Gasteiger partial charge in [0, 0.05) is 25.2 Å². The predicted octanol–water partition coefficient (Wildman–Crippen LogP) is 2.29. The summed E-state index contributed by atoms with van der Waals surface area (Å²) in [7, 11) is 0. The van der Waals surface area contributed by atoms with Gasteiger partial charge in [0.2, 0.25) is 0 Å². The van der Waals surface area contributed by atoms with E-state index in [1.54, 1.807) is 12.1 Å². The lowest BCUT2D eigenvalue weighted by molar-refractivity contribution is 0.573. The lowest BCUT2D eigenvalue weighted by Gasteiger charge is -2.07. The van der Waals surface area contributed by atoms with Crippen molar-refractivity contribution in [3.63, 3.8) is 0 Å². The van der Waals surface area contributed by atoms with Crippen molar-refractivity contribution in [2.24, 2.45) is 0 Å². The van der Waals surface area contributed by atoms with Crippen molar-refractivity contribution in [3.8, 4) is 0 Å². The average Bonchev–Trinajstić information content (AvgIpc) is 2.24. The maximum Gasteiger partial charge on any atom is 0.141 e. The minimum atomic E-state index is -0.173. The van der Waals surface area contributed by atoms with E-state index in [4.69, 9.17) is 0 Å². The van der Waals surface area contributed by atoms with Gasteiger partial charge in [-0.25, -0.2) is 4.39 Å². The first-order valence-corrected chi connectivity index (χ1v) is 5.89. The molecule has 0 saturated carbocycles. The van der Waals surface area contributed by atoms with E-state index in [1.807, 2.05) is 6.07 Å². The molecule has 2 N–H and O–H groups in total. The monoisotopic (exact) mass is 274 g/mol. The number of hydrogen-bond donors (Lipinski definition) is 2. The van der Waals surface area contributed by atoms with Crippen LogP contribution in [0.3, 0.4) is 0 Å². The van der Waals surface area contributed by atoms with Crippen molar-refractivity contribution < 1.29 is 4.39 Å². The first kappa shape index (κ1) is 12.6. The van der Waals surface area contributed by atoms with Crippen LogP contribution in [0.2, 0.25) is 0 Å². The van der Waals surface area contributed by atoms with E-state index in [0.29, 0.717) is 16.6 Å². The second kappa shape index (κ2) is 6.93. The molecular weight excluding hydrogens is 259 g/mol. The zero-order valence-corrected chi connectivity index (χ0v) is 10.4. The van der Waals surface area contributed by atoms with E-state index in [0.717, 1.165) is 19.6 Å². The van der Waals surface area contributed by atoms with Gasteiger partial charge in [-0.05, 0) is 28.5 Å². The van der Waals surface area contributed by atoms with Gasteiger partial charge in [-0.1, -0.05) is 19.1 Å². The molecule has 4 heteroatoms. The normalized spacial score (nSPS) is 10.6. The number of halogens is 2. The molecule has 0 aliphatic rings. The van der Waals surface area contributed by atoms with Gasteiger partial charge in [-0.3, -0.25) is 0 Å². The second-order valence-corrected chi connectivity index (χ2v) is 4.10. The Morgan fingerprint density at radius 2 is 2.00 bits per heavy atom. The highest BCUT2D eigenvalue weighted by atomic mass is 79.9. The molecule has 0 amide bonds. The molecule has 0 unspecified atom stereocenters. The summed E-state index contributed by atoms with van der Waals surface area (Å²) in [5.41, 5.74) is 0.695. The highest BCUT2D eigenvalue weighted by molar-refractivity contribution is 9.10. The van der Waals surface area contributed by atoms with E-state index in [1.165, 1.54) is 0 Å². The molecule has 0 fully saturated rings. The summed E-state index contributed by atoms with van der Waals surface area (Å²) >= 11 is 3.16. The molecule has 2 nitrogen and oxygen atoms in total. The fraction of sp³-hybridized carbons (Fsp3) is 0.455. The van der Waals surface area contributed by atoms with Crippen LogP contribution in [0.4, 0.5) is 4.39 Å². The van der Waals surface area contributed by atoms with Crippen LogP contribution in [0.15, 0.2) is 22.7 Å². The van der Waals surface area contributed by atoms with Gasteiger partial charge in [0.05, 0.1) is 4.47 Å². The summed E-state index contributed by atoms with van der Waals surface area (Å²) in [4.78, 5) is 0. The van der Waals surface area contributed by atoms with Crippen molar-refractivity contribution in [2.75, 3.05) is 19.6 Å². The topological polar surface area (TPSA) is 24.1 Å². The van der Waals surface area contributed by atoms with Crippen LogP contribution < -0.4 is 10.6 Å². The molecule has 0 spiro atoms. The Hall–Kier alpha value is -0.450. The van der Waals surface area contributed by atoms with Gasteiger partial charge in [0.25, 0.3) is 0 Å². The number of hydrogen-bond acceptors (Lipinski definition) is 2. The average molecular weight is 275 g/mol. The number of rotatable bonds is 6. The maximum absolute atomic E-state index is 13.5. The molecule has 0 bridgehead atoms. The molecule has 15 heavy (non-hydrogen) atoms. The molecule has 0 aromatic heterocycles. The van der Waals surface area contributed by atoms with Gasteiger partial charge in [-0.15, -0.1) is 0 Å². The number of nitrogens with one attached hydrogen (secondary N) is 2. The Morgan fingerprint density at radius 3 is 2.73 bits per heavy atom. The quantitative estimate of drug-likeness (QED) is 0.778. The van der Waals surface area contributed by atoms with E-state index in [-0.39, 0.29) is 5.82 Å². The van der Waals surface area contributed by atoms with E-state index in [9.17, 15) is 4.39 Å². The van der Waals surface area contributed by atoms with Crippen molar-refractivity contribution in [1.82, 2.24) is 10.6 Å². The van der Waals surface area contributed by atoms with Crippen LogP contribution in [0.1, 0.15) is 12.5 Å². The molecule has 0 saturated heterocycles. The molecule has 0 heterocycles. The maximum atomic E-state index is 13.5. The van der Waals surface area contributed by atoms with Gasteiger partial charge >= 0.3 is 0 Å². The molecule has 84 valence electrons. The first-order chi connectivity index (χ1) is 7.25. The fourth-order valence-electron chi connectivity index (χ4n) is 1.26. The summed E-state index contributed by atoms with van der Waals surface area (Å²) < 4.78 is 14.0. The van der Waals surface area contributed by atoms with Gasteiger partial charge in [0.15, 0.2) is 0 Å². The van der Waals surface area contributed by atoms with Crippen molar-refractivity contribution in [3.05, 3.63) is 34.1 Å². The Labute approximate surface area is 98.4 Å². The fourth-order valence-corrected chi connectivity index (χ4v) is 1.67. The van der Waals surface area contributed by atoms with Crippen molar-refractivity contribution in [1.29, 1.82) is 0 Å². The Kier molecular flexibility index (Phi) is 5.83. The number of benzene rings is 1. The van der Waals surface area contributed by atoms with E-state index in [2.05, 4.69) is 33.5 Å². The minimum absolute atomic E-state index is 0.173. The third-order valence-electron chi connectivity index (χ3n) is 2.08. The SMILES string of the molecule is CCNCCNCc1cccc(Br)c1F. The molecule has 0 radical (unpaired) electrons. The van der Waals surface area contributed by atoms with Gasteiger partial charge in [0.1, 0.15) is 5.82 Å². The highest BCUT2D eigenvalue weighted by Crippen LogP contribution is 2.18. The summed E-state index contributed by atoms with van der Waals surface area (Å²) in [5, 5.41) is 6.38. The lowest BCUT2D eigenvalue weighted by atomic mass is 10.2. The van der Waals surface area contributed by atoms with Gasteiger partial charge in [-0.2, -0.15) is 0 Å². The third-order valence-corrected chi connectivity index (χ3v) is 2.69. The van der Waals surface area contributed by atoms with Crippen molar-refractivity contribution in [2.45, 2.75) is 13.5 Å². The zero-order valence-electron chi connectivity index (χ0n) is 8.82. The molecular formula is C11H16BrFN2. The molecule has 1 rings (SSSR count). The summed E-state index contributed by atoms with van der Waals surface area (Å²) in [6.07, 6.45) is 0. The predicted molar refractivity (Wildman–Crippen MR) is 64.4 cm³/mol. The van der Waals surface area contributed by atoms with Crippen LogP contribution in [-0.2, 0) is 6.54 Å². The van der Waals surface area contributed by atoms with Crippen LogP contribution >= 0.6 is 15.9 Å². The summed E-state index contributed by atoms with van der Waals surface area (Å²) in [6, 6.07) is 5.34.